The van der Waals surface area contributed by atoms with Crippen LogP contribution in [0.3, 0.4) is 0 Å². The lowest BCUT2D eigenvalue weighted by atomic mass is 11.4. The Morgan fingerprint density at radius 1 is 1.88 bits per heavy atom. The topological polar surface area (TPSA) is 87.2 Å². The molecule has 0 fully saturated rings. The molecule has 4 N–H and O–H groups in total. The highest BCUT2D eigenvalue weighted by Crippen LogP contribution is 1.79. The first-order chi connectivity index (χ1) is 3.55. The fraction of sp³-hybridized carbons (Fsp3) is 0.333. The van der Waals surface area contributed by atoms with Crippen LogP contribution in [0, 0.1) is 5.41 Å². The highest BCUT2D eigenvalue weighted by molar-refractivity contribution is 7.09. The fourth-order valence-corrected chi connectivity index (χ4v) is 0.346. The van der Waals surface area contributed by atoms with Crippen molar-refractivity contribution in [2.24, 2.45) is 5.73 Å². The number of hydrogen-bond acceptors (Lipinski definition) is 2. The normalized spacial score (nSPS) is 9.25. The minimum absolute atomic E-state index is 0.206. The number of hydrogen-bond donors (Lipinski definition) is 3. The lowest BCUT2D eigenvalue weighted by molar-refractivity contribution is 0.219. The highest BCUT2D eigenvalue weighted by atomic mass is 28.3. The van der Waals surface area contributed by atoms with E-state index in [2.05, 4.69) is 0 Å². The van der Waals surface area contributed by atoms with Crippen LogP contribution < -0.4 is 5.73 Å². The van der Waals surface area contributed by atoms with Gasteiger partial charge in [0, 0.05) is 0 Å². The van der Waals surface area contributed by atoms with E-state index in [-0.39, 0.29) is 5.46 Å². The molecule has 0 aliphatic heterocycles. The molecule has 0 saturated heterocycles. The number of carbonyl (C=O) groups is 1. The maximum Gasteiger partial charge on any atom is 0.276 e. The summed E-state index contributed by atoms with van der Waals surface area (Å²) in [5.41, 5.74) is 3.72. The van der Waals surface area contributed by atoms with Crippen LogP contribution in [-0.2, 0) is 0 Å². The Kier molecular flexibility index (Phi) is 2.20. The Balaban J connectivity index is 3.83. The van der Waals surface area contributed by atoms with Gasteiger partial charge in [-0.3, -0.25) is 10.2 Å². The molecule has 0 bridgehead atoms. The van der Waals surface area contributed by atoms with Crippen LogP contribution in [0.5, 0.6) is 0 Å². The minimum Gasteiger partial charge on any atom is -0.485 e. The van der Waals surface area contributed by atoms with Gasteiger partial charge in [0.2, 0.25) is 0 Å². The second-order valence-electron chi connectivity index (χ2n) is 1.34. The molecule has 0 aliphatic carbocycles. The lowest BCUT2D eigenvalue weighted by Crippen LogP contribution is -2.36. The van der Waals surface area contributed by atoms with Crippen molar-refractivity contribution < 1.29 is 9.90 Å². The van der Waals surface area contributed by atoms with Gasteiger partial charge in [-0.2, -0.15) is 0 Å². The van der Waals surface area contributed by atoms with Gasteiger partial charge < -0.3 is 10.8 Å². The van der Waals surface area contributed by atoms with Crippen LogP contribution in [0.2, 0.25) is 6.55 Å². The summed E-state index contributed by atoms with van der Waals surface area (Å²) in [6.07, 6.45) is 0. The molecule has 0 atom stereocenters. The second kappa shape index (κ2) is 2.46. The monoisotopic (exact) mass is 131 g/mol. The standard InChI is InChI=1S/C3H7N2O2Si/c1-8(2(4)5)3(6)7/h1H3,(H3,4,5)(H,6,7). The summed E-state index contributed by atoms with van der Waals surface area (Å²) in [6.45, 7) is 1.47. The van der Waals surface area contributed by atoms with Crippen LogP contribution in [0.1, 0.15) is 0 Å². The number of rotatable bonds is 2. The van der Waals surface area contributed by atoms with E-state index in [4.69, 9.17) is 16.2 Å². The Bertz CT molecular complexity index is 110. The van der Waals surface area contributed by atoms with Crippen LogP contribution >= 0.6 is 0 Å². The quantitative estimate of drug-likeness (QED) is 0.276. The van der Waals surface area contributed by atoms with Gasteiger partial charge in [0.1, 0.15) is 0 Å². The van der Waals surface area contributed by atoms with Gasteiger partial charge in [-0.15, -0.1) is 0 Å². The smallest absolute Gasteiger partial charge is 0.276 e. The number of carboxylic acid groups (broad SMARTS) is 1. The predicted octanol–water partition coefficient (Wildman–Crippen LogP) is -0.154. The van der Waals surface area contributed by atoms with E-state index < -0.39 is 14.4 Å². The molecule has 4 nitrogen and oxygen atoms in total. The Morgan fingerprint density at radius 2 is 2.25 bits per heavy atom. The van der Waals surface area contributed by atoms with Gasteiger partial charge >= 0.3 is 0 Å². The van der Waals surface area contributed by atoms with Crippen LogP contribution in [-0.4, -0.2) is 25.0 Å². The van der Waals surface area contributed by atoms with Crippen molar-refractivity contribution >= 4 is 19.8 Å². The zero-order chi connectivity index (χ0) is 6.73. The van der Waals surface area contributed by atoms with E-state index in [0.717, 1.165) is 0 Å². The molecule has 0 rings (SSSR count). The lowest BCUT2D eigenvalue weighted by Gasteiger charge is -1.96. The molecule has 8 heavy (non-hydrogen) atoms. The molecule has 0 saturated carbocycles. The maximum atomic E-state index is 9.97. The van der Waals surface area contributed by atoms with Crippen molar-refractivity contribution in [3.8, 4) is 0 Å². The molecule has 0 unspecified atom stereocenters. The van der Waals surface area contributed by atoms with E-state index in [9.17, 15) is 4.79 Å². The first kappa shape index (κ1) is 7.16. The maximum absolute atomic E-state index is 9.97. The molecule has 1 radical (unpaired) electrons. The third kappa shape index (κ3) is 1.74. The molecular weight excluding hydrogens is 124 g/mol. The first-order valence-corrected chi connectivity index (χ1v) is 3.97. The summed E-state index contributed by atoms with van der Waals surface area (Å²) in [5, 5.41) is 14.8. The largest absolute Gasteiger partial charge is 0.485 e. The molecule has 0 amide bonds. The first-order valence-electron chi connectivity index (χ1n) is 1.97. The number of nitrogens with two attached hydrogens (primary N) is 1. The van der Waals surface area contributed by atoms with E-state index in [1.54, 1.807) is 0 Å². The van der Waals surface area contributed by atoms with Gasteiger partial charge in [-0.05, 0) is 0 Å². The van der Waals surface area contributed by atoms with Gasteiger partial charge in [0.25, 0.3) is 14.4 Å². The van der Waals surface area contributed by atoms with Crippen molar-refractivity contribution in [3.63, 3.8) is 0 Å². The van der Waals surface area contributed by atoms with E-state index in [1.807, 2.05) is 0 Å². The summed E-state index contributed by atoms with van der Waals surface area (Å²) in [6, 6.07) is 0. The van der Waals surface area contributed by atoms with Gasteiger partial charge in [0.15, 0.2) is 0 Å². The fourth-order valence-electron chi connectivity index (χ4n) is 0.115. The zero-order valence-electron chi connectivity index (χ0n) is 4.43. The molecule has 0 aromatic carbocycles. The Morgan fingerprint density at radius 3 is 2.25 bits per heavy atom. The second-order valence-corrected chi connectivity index (χ2v) is 3.56. The van der Waals surface area contributed by atoms with Crippen LogP contribution in [0.15, 0.2) is 0 Å². The Hall–Kier alpha value is -0.843. The molecule has 0 spiro atoms. The van der Waals surface area contributed by atoms with Crippen LogP contribution in [0.4, 0.5) is 4.79 Å². The zero-order valence-corrected chi connectivity index (χ0v) is 5.43. The Labute approximate surface area is 48.4 Å². The van der Waals surface area contributed by atoms with Crippen molar-refractivity contribution in [2.75, 3.05) is 0 Å². The molecular formula is C3H7N2O2Si. The summed E-state index contributed by atoms with van der Waals surface area (Å²) in [4.78, 5) is 9.97. The summed E-state index contributed by atoms with van der Waals surface area (Å²) < 4.78 is 0. The van der Waals surface area contributed by atoms with Gasteiger partial charge in [0.05, 0.1) is 5.46 Å². The third-order valence-corrected chi connectivity index (χ3v) is 2.17. The molecule has 5 heteroatoms. The van der Waals surface area contributed by atoms with Gasteiger partial charge in [-0.1, -0.05) is 6.55 Å². The van der Waals surface area contributed by atoms with E-state index >= 15 is 0 Å². The molecule has 0 aromatic rings. The number of amidine groups is 1. The third-order valence-electron chi connectivity index (χ3n) is 0.725. The van der Waals surface area contributed by atoms with Gasteiger partial charge in [-0.25, -0.2) is 0 Å². The summed E-state index contributed by atoms with van der Waals surface area (Å²) in [5.74, 6) is 0. The average Bonchev–Trinajstić information content (AvgIpc) is 1.64. The summed E-state index contributed by atoms with van der Waals surface area (Å²) in [7, 11) is -1.75. The summed E-state index contributed by atoms with van der Waals surface area (Å²) >= 11 is 0. The van der Waals surface area contributed by atoms with Crippen LogP contribution in [0.25, 0.3) is 0 Å². The highest BCUT2D eigenvalue weighted by Gasteiger charge is 2.16. The molecule has 0 aromatic heterocycles. The molecule has 45 valence electrons. The molecule has 0 heterocycles. The SMILES string of the molecule is C[Si](C(=N)N)C(=O)O. The minimum atomic E-state index is -1.75. The average molecular weight is 131 g/mol. The van der Waals surface area contributed by atoms with Crippen molar-refractivity contribution in [2.45, 2.75) is 6.55 Å². The molecule has 0 aliphatic rings. The van der Waals surface area contributed by atoms with E-state index in [1.165, 1.54) is 6.55 Å². The van der Waals surface area contributed by atoms with Crippen molar-refractivity contribution in [1.29, 1.82) is 5.41 Å². The van der Waals surface area contributed by atoms with Crippen molar-refractivity contribution in [1.82, 2.24) is 0 Å². The predicted molar refractivity (Wildman–Crippen MR) is 31.6 cm³/mol. The van der Waals surface area contributed by atoms with Crippen molar-refractivity contribution in [3.05, 3.63) is 0 Å². The number of nitrogens with one attached hydrogen (secondary N) is 1. The van der Waals surface area contributed by atoms with E-state index in [0.29, 0.717) is 0 Å².